The van der Waals surface area contributed by atoms with E-state index >= 15 is 0 Å². The average molecular weight is 640 g/mol. The van der Waals surface area contributed by atoms with Crippen molar-refractivity contribution in [1.82, 2.24) is 4.98 Å². The average Bonchev–Trinajstić information content (AvgIpc) is 2.83. The van der Waals surface area contributed by atoms with Gasteiger partial charge in [-0.1, -0.05) is 35.3 Å². The van der Waals surface area contributed by atoms with E-state index in [1.54, 1.807) is 42.7 Å². The lowest BCUT2D eigenvalue weighted by Crippen LogP contribution is -2.19. The SMILES string of the molecule is O=C(Nc1ccncc1I)c1cc(Cl)ccc1NS(=O)(=O)c1ccc(Oc2ccccc2Cl)cc1. The van der Waals surface area contributed by atoms with Gasteiger partial charge in [-0.2, -0.15) is 0 Å². The predicted molar refractivity (Wildman–Crippen MR) is 145 cm³/mol. The Balaban J connectivity index is 1.56. The number of amides is 1. The van der Waals surface area contributed by atoms with Crippen LogP contribution in [0.4, 0.5) is 11.4 Å². The normalized spacial score (nSPS) is 11.1. The van der Waals surface area contributed by atoms with E-state index < -0.39 is 15.9 Å². The van der Waals surface area contributed by atoms with E-state index in [9.17, 15) is 13.2 Å². The van der Waals surface area contributed by atoms with Crippen LogP contribution >= 0.6 is 45.8 Å². The molecule has 0 fully saturated rings. The van der Waals surface area contributed by atoms with Gasteiger partial charge in [-0.3, -0.25) is 14.5 Å². The summed E-state index contributed by atoms with van der Waals surface area (Å²) in [5, 5.41) is 3.46. The zero-order valence-corrected chi connectivity index (χ0v) is 22.2. The molecule has 0 unspecified atom stereocenters. The summed E-state index contributed by atoms with van der Waals surface area (Å²) in [5.41, 5.74) is 0.674. The number of aromatic nitrogens is 1. The largest absolute Gasteiger partial charge is 0.456 e. The van der Waals surface area contributed by atoms with Gasteiger partial charge in [0.05, 0.1) is 30.4 Å². The maximum Gasteiger partial charge on any atom is 0.261 e. The van der Waals surface area contributed by atoms with Crippen LogP contribution in [0, 0.1) is 3.57 Å². The van der Waals surface area contributed by atoms with Crippen molar-refractivity contribution >= 4 is 73.1 Å². The number of pyridine rings is 1. The number of nitrogens with zero attached hydrogens (tertiary/aromatic N) is 1. The molecule has 1 heterocycles. The number of para-hydroxylation sites is 1. The summed E-state index contributed by atoms with van der Waals surface area (Å²) in [6, 6.07) is 18.7. The van der Waals surface area contributed by atoms with E-state index in [4.69, 9.17) is 27.9 Å². The molecule has 0 bridgehead atoms. The molecule has 0 aliphatic heterocycles. The molecule has 0 radical (unpaired) electrons. The van der Waals surface area contributed by atoms with Crippen LogP contribution in [0.5, 0.6) is 11.5 Å². The number of carbonyl (C=O) groups is 1. The monoisotopic (exact) mass is 639 g/mol. The van der Waals surface area contributed by atoms with Crippen LogP contribution in [0.2, 0.25) is 10.0 Å². The molecule has 0 saturated heterocycles. The summed E-state index contributed by atoms with van der Waals surface area (Å²) in [7, 11) is -4.03. The summed E-state index contributed by atoms with van der Waals surface area (Å²) in [6.07, 6.45) is 3.13. The second-order valence-electron chi connectivity index (χ2n) is 7.11. The lowest BCUT2D eigenvalue weighted by Gasteiger charge is -2.14. The molecule has 1 amide bonds. The summed E-state index contributed by atoms with van der Waals surface area (Å²) >= 11 is 14.2. The van der Waals surface area contributed by atoms with Gasteiger partial charge in [-0.15, -0.1) is 0 Å². The minimum absolute atomic E-state index is 0.0194. The van der Waals surface area contributed by atoms with Crippen molar-refractivity contribution in [1.29, 1.82) is 0 Å². The topological polar surface area (TPSA) is 97.4 Å². The number of anilines is 2. The van der Waals surface area contributed by atoms with Crippen LogP contribution in [0.1, 0.15) is 10.4 Å². The van der Waals surface area contributed by atoms with E-state index in [0.29, 0.717) is 22.2 Å². The van der Waals surface area contributed by atoms with Crippen molar-refractivity contribution in [3.63, 3.8) is 0 Å². The predicted octanol–water partition coefficient (Wildman–Crippen LogP) is 6.84. The van der Waals surface area contributed by atoms with Gasteiger partial charge in [0.15, 0.2) is 0 Å². The summed E-state index contributed by atoms with van der Waals surface area (Å²) in [5.74, 6) is 0.331. The van der Waals surface area contributed by atoms with E-state index in [2.05, 4.69) is 15.0 Å². The van der Waals surface area contributed by atoms with Crippen molar-refractivity contribution in [3.05, 3.63) is 104 Å². The molecule has 3 aromatic carbocycles. The highest BCUT2D eigenvalue weighted by atomic mass is 127. The summed E-state index contributed by atoms with van der Waals surface area (Å²) < 4.78 is 35.0. The fraction of sp³-hybridized carbons (Fsp3) is 0. The zero-order chi connectivity index (χ0) is 25.0. The number of rotatable bonds is 7. The molecule has 4 aromatic rings. The molecule has 0 saturated carbocycles. The van der Waals surface area contributed by atoms with Gasteiger partial charge in [0, 0.05) is 17.4 Å². The second-order valence-corrected chi connectivity index (χ2v) is 10.8. The van der Waals surface area contributed by atoms with Crippen LogP contribution in [0.15, 0.2) is 90.1 Å². The van der Waals surface area contributed by atoms with Gasteiger partial charge in [0.2, 0.25) is 0 Å². The number of benzene rings is 3. The molecule has 178 valence electrons. The smallest absolute Gasteiger partial charge is 0.261 e. The molecule has 2 N–H and O–H groups in total. The van der Waals surface area contributed by atoms with Gasteiger partial charge in [-0.05, 0) is 83.3 Å². The van der Waals surface area contributed by atoms with Crippen LogP contribution in [0.3, 0.4) is 0 Å². The van der Waals surface area contributed by atoms with Crippen LogP contribution in [-0.2, 0) is 10.0 Å². The van der Waals surface area contributed by atoms with Crippen molar-refractivity contribution in [2.75, 3.05) is 10.0 Å². The Morgan fingerprint density at radius 2 is 1.69 bits per heavy atom. The van der Waals surface area contributed by atoms with Crippen molar-refractivity contribution in [3.8, 4) is 11.5 Å². The lowest BCUT2D eigenvalue weighted by atomic mass is 10.1. The molecular formula is C24H16Cl2IN3O4S. The Hall–Kier alpha value is -2.86. The number of sulfonamides is 1. The molecule has 35 heavy (non-hydrogen) atoms. The number of halogens is 3. The van der Waals surface area contributed by atoms with E-state index in [0.717, 1.165) is 3.57 Å². The minimum atomic E-state index is -4.03. The fourth-order valence-corrected chi connectivity index (χ4v) is 4.91. The number of nitrogens with one attached hydrogen (secondary N) is 2. The fourth-order valence-electron chi connectivity index (χ4n) is 3.00. The van der Waals surface area contributed by atoms with E-state index in [-0.39, 0.29) is 21.2 Å². The standard InChI is InChI=1S/C24H16Cl2IN3O4S/c25-15-5-10-21(18(13-15)24(31)29-22-11-12-28-14-20(22)27)30-35(32,33)17-8-6-16(7-9-17)34-23-4-2-1-3-19(23)26/h1-14,30H,(H,28,29,31). The number of hydrogen-bond acceptors (Lipinski definition) is 5. The third kappa shape index (κ3) is 6.23. The molecular weight excluding hydrogens is 624 g/mol. The second kappa shape index (κ2) is 10.8. The lowest BCUT2D eigenvalue weighted by molar-refractivity contribution is 0.102. The molecule has 0 aliphatic carbocycles. The third-order valence-corrected chi connectivity index (χ3v) is 7.48. The zero-order valence-electron chi connectivity index (χ0n) is 17.7. The molecule has 0 atom stereocenters. The summed E-state index contributed by atoms with van der Waals surface area (Å²) in [6.45, 7) is 0. The molecule has 0 aliphatic rings. The summed E-state index contributed by atoms with van der Waals surface area (Å²) in [4.78, 5) is 16.9. The number of hydrogen-bond donors (Lipinski definition) is 2. The molecule has 11 heteroatoms. The van der Waals surface area contributed by atoms with Gasteiger partial charge in [0.25, 0.3) is 15.9 Å². The number of carbonyl (C=O) groups excluding carboxylic acids is 1. The first-order valence-corrected chi connectivity index (χ1v) is 13.3. The van der Waals surface area contributed by atoms with Crippen molar-refractivity contribution < 1.29 is 17.9 Å². The Bertz CT molecular complexity index is 1500. The van der Waals surface area contributed by atoms with Gasteiger partial charge >= 0.3 is 0 Å². The maximum absolute atomic E-state index is 13.1. The van der Waals surface area contributed by atoms with Crippen LogP contribution in [-0.4, -0.2) is 19.3 Å². The quantitative estimate of drug-likeness (QED) is 0.216. The molecule has 4 rings (SSSR count). The highest BCUT2D eigenvalue weighted by Crippen LogP contribution is 2.30. The highest BCUT2D eigenvalue weighted by molar-refractivity contribution is 14.1. The first-order chi connectivity index (χ1) is 16.7. The van der Waals surface area contributed by atoms with Crippen molar-refractivity contribution in [2.45, 2.75) is 4.90 Å². The first-order valence-electron chi connectivity index (χ1n) is 9.98. The molecule has 0 spiro atoms. The highest BCUT2D eigenvalue weighted by Gasteiger charge is 2.20. The number of ether oxygens (including phenoxy) is 1. The van der Waals surface area contributed by atoms with Gasteiger partial charge in [0.1, 0.15) is 11.5 Å². The van der Waals surface area contributed by atoms with E-state index in [1.807, 2.05) is 22.6 Å². The van der Waals surface area contributed by atoms with Crippen LogP contribution in [0.25, 0.3) is 0 Å². The van der Waals surface area contributed by atoms with E-state index in [1.165, 1.54) is 42.5 Å². The Morgan fingerprint density at radius 3 is 2.40 bits per heavy atom. The Labute approximate surface area is 225 Å². The maximum atomic E-state index is 13.1. The third-order valence-electron chi connectivity index (χ3n) is 4.69. The van der Waals surface area contributed by atoms with Gasteiger partial charge in [-0.25, -0.2) is 8.42 Å². The Kier molecular flexibility index (Phi) is 7.80. The van der Waals surface area contributed by atoms with Gasteiger partial charge < -0.3 is 10.1 Å². The first kappa shape index (κ1) is 25.2. The van der Waals surface area contributed by atoms with Crippen LogP contribution < -0.4 is 14.8 Å². The minimum Gasteiger partial charge on any atom is -0.456 e. The molecule has 1 aromatic heterocycles. The molecule has 7 nitrogen and oxygen atoms in total. The Morgan fingerprint density at radius 1 is 0.943 bits per heavy atom. The van der Waals surface area contributed by atoms with Crippen molar-refractivity contribution in [2.24, 2.45) is 0 Å².